The molecule has 0 fully saturated rings. The Hall–Kier alpha value is -1.26. The molecule has 0 atom stereocenters. The molecule has 4 heteroatoms. The van der Waals surface area contributed by atoms with Crippen molar-refractivity contribution in [3.63, 3.8) is 0 Å². The van der Waals surface area contributed by atoms with Crippen molar-refractivity contribution in [1.82, 2.24) is 10.2 Å². The van der Waals surface area contributed by atoms with Gasteiger partial charge in [-0.15, -0.1) is 0 Å². The van der Waals surface area contributed by atoms with Crippen molar-refractivity contribution in [2.75, 3.05) is 39.9 Å². The molecule has 0 unspecified atom stereocenters. The van der Waals surface area contributed by atoms with Gasteiger partial charge in [-0.05, 0) is 46.9 Å². The van der Waals surface area contributed by atoms with E-state index in [2.05, 4.69) is 38.0 Å². The Morgan fingerprint density at radius 2 is 1.67 bits per heavy atom. The van der Waals surface area contributed by atoms with Gasteiger partial charge in [-0.3, -0.25) is 0 Å². The van der Waals surface area contributed by atoms with Crippen molar-refractivity contribution in [2.24, 2.45) is 0 Å². The summed E-state index contributed by atoms with van der Waals surface area (Å²) in [6, 6.07) is 7.82. The third-order valence-corrected chi connectivity index (χ3v) is 3.03. The Labute approximate surface area is 129 Å². The Bertz CT molecular complexity index is 402. The van der Waals surface area contributed by atoms with E-state index in [0.29, 0.717) is 13.2 Å². The van der Waals surface area contributed by atoms with Gasteiger partial charge < -0.3 is 19.7 Å². The fourth-order valence-electron chi connectivity index (χ4n) is 1.89. The third-order valence-electron chi connectivity index (χ3n) is 3.03. The van der Waals surface area contributed by atoms with E-state index in [9.17, 15) is 0 Å². The first-order chi connectivity index (χ1) is 9.92. The molecule has 0 aliphatic carbocycles. The summed E-state index contributed by atoms with van der Waals surface area (Å²) in [6.45, 7) is 12.7. The van der Waals surface area contributed by atoms with Crippen LogP contribution in [0.2, 0.25) is 0 Å². The maximum atomic E-state index is 5.82. The van der Waals surface area contributed by atoms with Crippen molar-refractivity contribution in [3.8, 4) is 11.5 Å². The highest BCUT2D eigenvalue weighted by Crippen LogP contribution is 2.26. The number of ether oxygens (including phenoxy) is 2. The Morgan fingerprint density at radius 3 is 2.24 bits per heavy atom. The number of hydrogen-bond acceptors (Lipinski definition) is 4. The number of hydrogen-bond donors (Lipinski definition) is 1. The van der Waals surface area contributed by atoms with Crippen molar-refractivity contribution >= 4 is 0 Å². The van der Waals surface area contributed by atoms with Crippen LogP contribution in [0.15, 0.2) is 24.3 Å². The first-order valence-corrected chi connectivity index (χ1v) is 7.70. The second-order valence-electron chi connectivity index (χ2n) is 6.21. The highest BCUT2D eigenvalue weighted by Gasteiger charge is 2.09. The first-order valence-electron chi connectivity index (χ1n) is 7.70. The SMILES string of the molecule is CCOc1ccccc1OCCN(C)CCNC(C)(C)C. The molecule has 0 aromatic heterocycles. The fraction of sp³-hybridized carbons (Fsp3) is 0.647. The summed E-state index contributed by atoms with van der Waals surface area (Å²) < 4.78 is 11.4. The van der Waals surface area contributed by atoms with Crippen molar-refractivity contribution in [1.29, 1.82) is 0 Å². The molecule has 1 aromatic rings. The molecule has 0 saturated carbocycles. The minimum atomic E-state index is 0.174. The van der Waals surface area contributed by atoms with E-state index in [1.54, 1.807) is 0 Å². The van der Waals surface area contributed by atoms with Crippen molar-refractivity contribution in [2.45, 2.75) is 33.2 Å². The molecule has 1 rings (SSSR count). The molecule has 0 spiro atoms. The van der Waals surface area contributed by atoms with Gasteiger partial charge in [-0.25, -0.2) is 0 Å². The standard InChI is InChI=1S/C17H30N2O2/c1-6-20-15-9-7-8-10-16(15)21-14-13-19(5)12-11-18-17(2,3)4/h7-10,18H,6,11-14H2,1-5H3. The second kappa shape index (κ2) is 8.90. The van der Waals surface area contributed by atoms with Crippen LogP contribution in [-0.4, -0.2) is 50.3 Å². The number of para-hydroxylation sites is 2. The van der Waals surface area contributed by atoms with E-state index in [-0.39, 0.29) is 5.54 Å². The molecule has 0 saturated heterocycles. The number of benzene rings is 1. The lowest BCUT2D eigenvalue weighted by Crippen LogP contribution is -2.41. The first kappa shape index (κ1) is 17.8. The van der Waals surface area contributed by atoms with Crippen LogP contribution in [0.1, 0.15) is 27.7 Å². The quantitative estimate of drug-likeness (QED) is 0.759. The summed E-state index contributed by atoms with van der Waals surface area (Å²) in [4.78, 5) is 2.27. The largest absolute Gasteiger partial charge is 0.490 e. The smallest absolute Gasteiger partial charge is 0.161 e. The highest BCUT2D eigenvalue weighted by molar-refractivity contribution is 5.39. The van der Waals surface area contributed by atoms with E-state index in [1.807, 2.05) is 31.2 Å². The van der Waals surface area contributed by atoms with Crippen LogP contribution in [0.4, 0.5) is 0 Å². The Morgan fingerprint density at radius 1 is 1.05 bits per heavy atom. The van der Waals surface area contributed by atoms with Crippen LogP contribution in [0.25, 0.3) is 0 Å². The van der Waals surface area contributed by atoms with Gasteiger partial charge >= 0.3 is 0 Å². The predicted molar refractivity (Wildman–Crippen MR) is 88.4 cm³/mol. The number of rotatable bonds is 9. The van der Waals surface area contributed by atoms with Gasteiger partial charge in [0.25, 0.3) is 0 Å². The van der Waals surface area contributed by atoms with E-state index >= 15 is 0 Å². The summed E-state index contributed by atoms with van der Waals surface area (Å²) in [7, 11) is 2.11. The minimum absolute atomic E-state index is 0.174. The topological polar surface area (TPSA) is 33.7 Å². The zero-order valence-corrected chi connectivity index (χ0v) is 14.1. The van der Waals surface area contributed by atoms with Gasteiger partial charge in [0.15, 0.2) is 11.5 Å². The van der Waals surface area contributed by atoms with E-state index in [0.717, 1.165) is 31.1 Å². The van der Waals surface area contributed by atoms with E-state index < -0.39 is 0 Å². The summed E-state index contributed by atoms with van der Waals surface area (Å²) in [5, 5.41) is 3.48. The Balaban J connectivity index is 2.27. The van der Waals surface area contributed by atoms with Crippen molar-refractivity contribution in [3.05, 3.63) is 24.3 Å². The van der Waals surface area contributed by atoms with E-state index in [1.165, 1.54) is 0 Å². The molecule has 0 amide bonds. The summed E-state index contributed by atoms with van der Waals surface area (Å²) in [6.07, 6.45) is 0. The third kappa shape index (κ3) is 7.93. The van der Waals surface area contributed by atoms with Gasteiger partial charge in [0.1, 0.15) is 6.61 Å². The Kier molecular flexibility index (Phi) is 7.54. The number of likely N-dealkylation sites (N-methyl/N-ethyl adjacent to an activating group) is 1. The van der Waals surface area contributed by atoms with Crippen LogP contribution in [0, 0.1) is 0 Å². The van der Waals surface area contributed by atoms with Crippen LogP contribution in [0.3, 0.4) is 0 Å². The van der Waals surface area contributed by atoms with Gasteiger partial charge in [-0.1, -0.05) is 12.1 Å². The molecule has 21 heavy (non-hydrogen) atoms. The molecule has 120 valence electrons. The molecule has 0 bridgehead atoms. The average molecular weight is 294 g/mol. The lowest BCUT2D eigenvalue weighted by atomic mass is 10.1. The zero-order valence-electron chi connectivity index (χ0n) is 14.1. The molecule has 4 nitrogen and oxygen atoms in total. The second-order valence-corrected chi connectivity index (χ2v) is 6.21. The van der Waals surface area contributed by atoms with Gasteiger partial charge in [0.2, 0.25) is 0 Å². The summed E-state index contributed by atoms with van der Waals surface area (Å²) >= 11 is 0. The van der Waals surface area contributed by atoms with Gasteiger partial charge in [0, 0.05) is 25.2 Å². The summed E-state index contributed by atoms with van der Waals surface area (Å²) in [5.41, 5.74) is 0.174. The lowest BCUT2D eigenvalue weighted by molar-refractivity contribution is 0.223. The van der Waals surface area contributed by atoms with Crippen LogP contribution in [-0.2, 0) is 0 Å². The highest BCUT2D eigenvalue weighted by atomic mass is 16.5. The predicted octanol–water partition coefficient (Wildman–Crippen LogP) is 2.78. The molecule has 0 radical (unpaired) electrons. The number of nitrogens with one attached hydrogen (secondary N) is 1. The molecular formula is C17H30N2O2. The monoisotopic (exact) mass is 294 g/mol. The maximum absolute atomic E-state index is 5.82. The van der Waals surface area contributed by atoms with Gasteiger partial charge in [-0.2, -0.15) is 0 Å². The maximum Gasteiger partial charge on any atom is 0.161 e. The molecule has 1 N–H and O–H groups in total. The molecule has 0 aliphatic heterocycles. The van der Waals surface area contributed by atoms with Crippen LogP contribution in [0.5, 0.6) is 11.5 Å². The lowest BCUT2D eigenvalue weighted by Gasteiger charge is -2.23. The average Bonchev–Trinajstić information content (AvgIpc) is 2.39. The van der Waals surface area contributed by atoms with E-state index in [4.69, 9.17) is 9.47 Å². The minimum Gasteiger partial charge on any atom is -0.490 e. The van der Waals surface area contributed by atoms with Gasteiger partial charge in [0.05, 0.1) is 6.61 Å². The normalized spacial score (nSPS) is 11.7. The van der Waals surface area contributed by atoms with Crippen LogP contribution < -0.4 is 14.8 Å². The molecule has 0 heterocycles. The fourth-order valence-corrected chi connectivity index (χ4v) is 1.89. The summed E-state index contributed by atoms with van der Waals surface area (Å²) in [5.74, 6) is 1.64. The molecular weight excluding hydrogens is 264 g/mol. The molecule has 0 aliphatic rings. The van der Waals surface area contributed by atoms with Crippen LogP contribution >= 0.6 is 0 Å². The molecule has 1 aromatic carbocycles. The number of nitrogens with zero attached hydrogens (tertiary/aromatic N) is 1. The zero-order chi connectivity index (χ0) is 15.7. The van der Waals surface area contributed by atoms with Crippen molar-refractivity contribution < 1.29 is 9.47 Å².